The third-order valence-electron chi connectivity index (χ3n) is 11.7. The van der Waals surface area contributed by atoms with Crippen LogP contribution >= 0.6 is 0 Å². The Balaban J connectivity index is 1.06. The fourth-order valence-corrected chi connectivity index (χ4v) is 8.81. The average molecular weight is 716 g/mol. The van der Waals surface area contributed by atoms with Gasteiger partial charge in [0.1, 0.15) is 0 Å². The van der Waals surface area contributed by atoms with Crippen molar-refractivity contribution in [3.05, 3.63) is 223 Å². The number of fused-ring (bicyclic) bond motifs is 4. The molecule has 56 heavy (non-hydrogen) atoms. The third kappa shape index (κ3) is 5.81. The van der Waals surface area contributed by atoms with E-state index in [1.54, 1.807) is 0 Å². The van der Waals surface area contributed by atoms with Gasteiger partial charge in [-0.1, -0.05) is 190 Å². The molecule has 10 rings (SSSR count). The van der Waals surface area contributed by atoms with Gasteiger partial charge in [-0.3, -0.25) is 0 Å². The summed E-state index contributed by atoms with van der Waals surface area (Å²) in [6.45, 7) is 4.70. The summed E-state index contributed by atoms with van der Waals surface area (Å²) in [6, 6.07) is 77.5. The molecule has 0 bridgehead atoms. The summed E-state index contributed by atoms with van der Waals surface area (Å²) in [5.41, 5.74) is 18.5. The van der Waals surface area contributed by atoms with Crippen molar-refractivity contribution in [3.8, 4) is 55.6 Å². The van der Waals surface area contributed by atoms with Crippen LogP contribution in [-0.2, 0) is 5.41 Å². The molecule has 1 heteroatoms. The minimum absolute atomic E-state index is 0.0545. The lowest BCUT2D eigenvalue weighted by atomic mass is 9.82. The Morgan fingerprint density at radius 3 is 1.54 bits per heavy atom. The fraction of sp³-hybridized carbons (Fsp3) is 0.0545. The normalized spacial score (nSPS) is 12.6. The van der Waals surface area contributed by atoms with Gasteiger partial charge >= 0.3 is 0 Å². The van der Waals surface area contributed by atoms with Crippen LogP contribution in [0.3, 0.4) is 0 Å². The van der Waals surface area contributed by atoms with Crippen molar-refractivity contribution < 1.29 is 0 Å². The molecule has 1 aliphatic rings. The predicted octanol–water partition coefficient (Wildman–Crippen LogP) is 15.3. The first-order chi connectivity index (χ1) is 27.5. The van der Waals surface area contributed by atoms with E-state index in [1.807, 2.05) is 0 Å². The maximum atomic E-state index is 2.39. The number of anilines is 3. The highest BCUT2D eigenvalue weighted by molar-refractivity contribution is 5.97. The molecular formula is C55H41N. The molecule has 0 fully saturated rings. The van der Waals surface area contributed by atoms with E-state index in [9.17, 15) is 0 Å². The van der Waals surface area contributed by atoms with Gasteiger partial charge in [-0.05, 0) is 114 Å². The molecular weight excluding hydrogens is 675 g/mol. The molecule has 0 aliphatic heterocycles. The smallest absolute Gasteiger partial charge is 0.0467 e. The quantitative estimate of drug-likeness (QED) is 0.159. The van der Waals surface area contributed by atoms with Crippen LogP contribution in [0.25, 0.3) is 66.4 Å². The van der Waals surface area contributed by atoms with Crippen LogP contribution in [0.4, 0.5) is 17.1 Å². The Kier molecular flexibility index (Phi) is 8.23. The maximum Gasteiger partial charge on any atom is 0.0467 e. The summed E-state index contributed by atoms with van der Waals surface area (Å²) < 4.78 is 0. The van der Waals surface area contributed by atoms with E-state index in [0.29, 0.717) is 0 Å². The van der Waals surface area contributed by atoms with Crippen molar-refractivity contribution in [2.75, 3.05) is 4.90 Å². The minimum atomic E-state index is -0.0545. The lowest BCUT2D eigenvalue weighted by Crippen LogP contribution is -2.14. The Labute approximate surface area is 329 Å². The number of nitrogens with zero attached hydrogens (tertiary/aromatic N) is 1. The van der Waals surface area contributed by atoms with Crippen molar-refractivity contribution in [2.45, 2.75) is 19.3 Å². The van der Waals surface area contributed by atoms with E-state index < -0.39 is 0 Å². The van der Waals surface area contributed by atoms with Crippen LogP contribution in [0.15, 0.2) is 212 Å². The molecule has 0 aromatic heterocycles. The summed E-state index contributed by atoms with van der Waals surface area (Å²) in [6.07, 6.45) is 0. The van der Waals surface area contributed by atoms with Crippen molar-refractivity contribution in [3.63, 3.8) is 0 Å². The molecule has 0 saturated heterocycles. The molecule has 9 aromatic carbocycles. The lowest BCUT2D eigenvalue weighted by molar-refractivity contribution is 0.660. The van der Waals surface area contributed by atoms with Crippen molar-refractivity contribution in [1.29, 1.82) is 0 Å². The standard InChI is InChI=1S/C55H41N/c1-55(2)52-23-9-8-20-51(52)54-50(22-12-24-53(54)55)44-17-10-18-47(37-44)56(46-35-31-43(32-36-46)49-21-11-16-42-15-6-7-19-48(42)49)45-33-29-41(30-34-45)40-27-25-39(26-28-40)38-13-4-3-5-14-38/h3-37H,1-2H3. The van der Waals surface area contributed by atoms with Gasteiger partial charge in [0.05, 0.1) is 0 Å². The second-order valence-corrected chi connectivity index (χ2v) is 15.3. The molecule has 0 spiro atoms. The van der Waals surface area contributed by atoms with Crippen LogP contribution in [0.1, 0.15) is 25.0 Å². The van der Waals surface area contributed by atoms with E-state index >= 15 is 0 Å². The summed E-state index contributed by atoms with van der Waals surface area (Å²) in [5, 5.41) is 2.51. The predicted molar refractivity (Wildman–Crippen MR) is 238 cm³/mol. The zero-order chi connectivity index (χ0) is 37.6. The lowest BCUT2D eigenvalue weighted by Gasteiger charge is -2.27. The van der Waals surface area contributed by atoms with Gasteiger partial charge in [-0.25, -0.2) is 0 Å². The van der Waals surface area contributed by atoms with Crippen LogP contribution < -0.4 is 4.90 Å². The monoisotopic (exact) mass is 715 g/mol. The Morgan fingerprint density at radius 2 is 0.804 bits per heavy atom. The van der Waals surface area contributed by atoms with Crippen molar-refractivity contribution >= 4 is 27.8 Å². The Morgan fingerprint density at radius 1 is 0.321 bits per heavy atom. The molecule has 0 amide bonds. The highest BCUT2D eigenvalue weighted by atomic mass is 15.1. The van der Waals surface area contributed by atoms with Crippen LogP contribution in [0.2, 0.25) is 0 Å². The van der Waals surface area contributed by atoms with Crippen molar-refractivity contribution in [2.24, 2.45) is 0 Å². The average Bonchev–Trinajstić information content (AvgIpc) is 3.50. The van der Waals surface area contributed by atoms with Gasteiger partial charge in [0, 0.05) is 22.5 Å². The first kappa shape index (κ1) is 33.6. The molecule has 9 aromatic rings. The number of hydrogen-bond acceptors (Lipinski definition) is 1. The van der Waals surface area contributed by atoms with E-state index in [0.717, 1.165) is 17.1 Å². The molecule has 0 saturated carbocycles. The van der Waals surface area contributed by atoms with Gasteiger partial charge in [0.15, 0.2) is 0 Å². The summed E-state index contributed by atoms with van der Waals surface area (Å²) >= 11 is 0. The minimum Gasteiger partial charge on any atom is -0.310 e. The zero-order valence-corrected chi connectivity index (χ0v) is 31.7. The van der Waals surface area contributed by atoms with E-state index in [4.69, 9.17) is 0 Å². The van der Waals surface area contributed by atoms with Crippen LogP contribution in [0.5, 0.6) is 0 Å². The molecule has 0 heterocycles. The number of rotatable bonds is 7. The van der Waals surface area contributed by atoms with Crippen LogP contribution in [-0.4, -0.2) is 0 Å². The Hall–Kier alpha value is -6.96. The SMILES string of the molecule is CC1(C)c2ccccc2-c2c(-c3cccc(N(c4ccc(-c5ccc(-c6ccccc6)cc5)cc4)c4ccc(-c5cccc6ccccc56)cc4)c3)cccc21. The van der Waals surface area contributed by atoms with Gasteiger partial charge in [-0.2, -0.15) is 0 Å². The largest absolute Gasteiger partial charge is 0.310 e. The summed E-state index contributed by atoms with van der Waals surface area (Å²) in [5.74, 6) is 0. The Bertz CT molecular complexity index is 2840. The third-order valence-corrected chi connectivity index (χ3v) is 11.7. The molecule has 0 atom stereocenters. The highest BCUT2D eigenvalue weighted by Crippen LogP contribution is 2.52. The van der Waals surface area contributed by atoms with Crippen LogP contribution in [0, 0.1) is 0 Å². The number of hydrogen-bond donors (Lipinski definition) is 0. The van der Waals surface area contributed by atoms with E-state index in [-0.39, 0.29) is 5.41 Å². The summed E-state index contributed by atoms with van der Waals surface area (Å²) in [4.78, 5) is 2.39. The maximum absolute atomic E-state index is 2.39. The van der Waals surface area contributed by atoms with Gasteiger partial charge in [0.25, 0.3) is 0 Å². The first-order valence-electron chi connectivity index (χ1n) is 19.5. The molecule has 1 nitrogen and oxygen atoms in total. The van der Waals surface area contributed by atoms with Crippen molar-refractivity contribution in [1.82, 2.24) is 0 Å². The summed E-state index contributed by atoms with van der Waals surface area (Å²) in [7, 11) is 0. The van der Waals surface area contributed by atoms with E-state index in [1.165, 1.54) is 77.5 Å². The fourth-order valence-electron chi connectivity index (χ4n) is 8.81. The number of benzene rings is 9. The highest BCUT2D eigenvalue weighted by Gasteiger charge is 2.36. The molecule has 0 N–H and O–H groups in total. The molecule has 1 aliphatic carbocycles. The van der Waals surface area contributed by atoms with Gasteiger partial charge in [0.2, 0.25) is 0 Å². The molecule has 0 unspecified atom stereocenters. The molecule has 266 valence electrons. The van der Waals surface area contributed by atoms with E-state index in [2.05, 4.69) is 231 Å². The molecule has 0 radical (unpaired) electrons. The topological polar surface area (TPSA) is 3.24 Å². The first-order valence-corrected chi connectivity index (χ1v) is 19.5. The van der Waals surface area contributed by atoms with Gasteiger partial charge < -0.3 is 4.90 Å². The van der Waals surface area contributed by atoms with Gasteiger partial charge in [-0.15, -0.1) is 0 Å². The zero-order valence-electron chi connectivity index (χ0n) is 31.7. The second kappa shape index (κ2) is 13.7. The second-order valence-electron chi connectivity index (χ2n) is 15.3.